The SMILES string of the molecule is COc1cccc(CO[C@H](C)C(=O)N(Cc2ccccc2O)[C@@H](C)c2ccccc2)c1. The molecule has 1 N–H and O–H groups in total. The first-order valence-corrected chi connectivity index (χ1v) is 10.4. The van der Waals surface area contributed by atoms with Crippen LogP contribution >= 0.6 is 0 Å². The monoisotopic (exact) mass is 419 g/mol. The highest BCUT2D eigenvalue weighted by Gasteiger charge is 2.27. The third kappa shape index (κ3) is 5.86. The number of hydrogen-bond acceptors (Lipinski definition) is 4. The summed E-state index contributed by atoms with van der Waals surface area (Å²) in [5.41, 5.74) is 2.65. The fraction of sp³-hybridized carbons (Fsp3) is 0.269. The van der Waals surface area contributed by atoms with E-state index in [0.717, 1.165) is 16.9 Å². The fourth-order valence-corrected chi connectivity index (χ4v) is 3.43. The van der Waals surface area contributed by atoms with Gasteiger partial charge in [0, 0.05) is 12.1 Å². The first-order valence-electron chi connectivity index (χ1n) is 10.4. The van der Waals surface area contributed by atoms with Crippen molar-refractivity contribution >= 4 is 5.91 Å². The Morgan fingerprint density at radius 2 is 1.68 bits per heavy atom. The van der Waals surface area contributed by atoms with Gasteiger partial charge in [0.2, 0.25) is 0 Å². The number of nitrogens with zero attached hydrogens (tertiary/aromatic N) is 1. The largest absolute Gasteiger partial charge is 0.508 e. The number of benzene rings is 3. The highest BCUT2D eigenvalue weighted by molar-refractivity contribution is 5.81. The molecule has 3 aromatic rings. The standard InChI is InChI=1S/C26H29NO4/c1-19(22-11-5-4-6-12-22)27(17-23-13-7-8-15-25(23)28)26(29)20(2)31-18-21-10-9-14-24(16-21)30-3/h4-16,19-20,28H,17-18H2,1-3H3/t19-,20+/m0/s1. The van der Waals surface area contributed by atoms with Crippen molar-refractivity contribution in [1.82, 2.24) is 4.90 Å². The van der Waals surface area contributed by atoms with Gasteiger partial charge in [0.25, 0.3) is 5.91 Å². The average Bonchev–Trinajstić information content (AvgIpc) is 2.82. The molecule has 0 saturated heterocycles. The first kappa shape index (κ1) is 22.4. The van der Waals surface area contributed by atoms with E-state index in [2.05, 4.69) is 0 Å². The van der Waals surface area contributed by atoms with Crippen molar-refractivity contribution < 1.29 is 19.4 Å². The van der Waals surface area contributed by atoms with E-state index in [0.29, 0.717) is 12.2 Å². The summed E-state index contributed by atoms with van der Waals surface area (Å²) in [6.45, 7) is 4.34. The number of hydrogen-bond donors (Lipinski definition) is 1. The molecular weight excluding hydrogens is 390 g/mol. The molecule has 0 unspecified atom stereocenters. The molecular formula is C26H29NO4. The summed E-state index contributed by atoms with van der Waals surface area (Å²) in [4.78, 5) is 15.2. The predicted octanol–water partition coefficient (Wildman–Crippen LogP) is 5.10. The molecule has 5 nitrogen and oxygen atoms in total. The van der Waals surface area contributed by atoms with Crippen molar-refractivity contribution in [3.05, 3.63) is 95.6 Å². The smallest absolute Gasteiger partial charge is 0.252 e. The van der Waals surface area contributed by atoms with Gasteiger partial charge in [0.05, 0.1) is 19.8 Å². The molecule has 3 aromatic carbocycles. The molecule has 0 heterocycles. The Hall–Kier alpha value is -3.31. The summed E-state index contributed by atoms with van der Waals surface area (Å²) in [5, 5.41) is 10.3. The average molecular weight is 420 g/mol. The van der Waals surface area contributed by atoms with Crippen molar-refractivity contribution in [2.45, 2.75) is 39.1 Å². The number of carbonyl (C=O) groups excluding carboxylic acids is 1. The number of aromatic hydroxyl groups is 1. The zero-order valence-corrected chi connectivity index (χ0v) is 18.2. The van der Waals surface area contributed by atoms with E-state index in [9.17, 15) is 9.90 Å². The Kier molecular flexibility index (Phi) is 7.68. The molecule has 5 heteroatoms. The molecule has 3 rings (SSSR count). The number of para-hydroxylation sites is 1. The number of phenols is 1. The van der Waals surface area contributed by atoms with E-state index in [1.165, 1.54) is 0 Å². The van der Waals surface area contributed by atoms with Crippen LogP contribution in [-0.2, 0) is 22.7 Å². The van der Waals surface area contributed by atoms with Gasteiger partial charge in [0.1, 0.15) is 17.6 Å². The van der Waals surface area contributed by atoms with E-state index in [1.54, 1.807) is 31.1 Å². The zero-order chi connectivity index (χ0) is 22.2. The van der Waals surface area contributed by atoms with Gasteiger partial charge in [-0.2, -0.15) is 0 Å². The minimum atomic E-state index is -0.650. The summed E-state index contributed by atoms with van der Waals surface area (Å²) in [6, 6.07) is 24.3. The van der Waals surface area contributed by atoms with Crippen LogP contribution in [0.1, 0.15) is 36.6 Å². The molecule has 0 saturated carbocycles. The third-order valence-corrected chi connectivity index (χ3v) is 5.35. The molecule has 0 spiro atoms. The van der Waals surface area contributed by atoms with Gasteiger partial charge in [-0.1, -0.05) is 60.7 Å². The molecule has 2 atom stereocenters. The topological polar surface area (TPSA) is 59.0 Å². The van der Waals surface area contributed by atoms with Crippen molar-refractivity contribution in [3.63, 3.8) is 0 Å². The number of amides is 1. The van der Waals surface area contributed by atoms with Gasteiger partial charge in [-0.3, -0.25) is 4.79 Å². The summed E-state index contributed by atoms with van der Waals surface area (Å²) in [6.07, 6.45) is -0.650. The predicted molar refractivity (Wildman–Crippen MR) is 121 cm³/mol. The lowest BCUT2D eigenvalue weighted by molar-refractivity contribution is -0.146. The lowest BCUT2D eigenvalue weighted by atomic mass is 10.0. The second-order valence-corrected chi connectivity index (χ2v) is 7.49. The van der Waals surface area contributed by atoms with E-state index in [-0.39, 0.29) is 24.2 Å². The first-order chi connectivity index (χ1) is 15.0. The van der Waals surface area contributed by atoms with Gasteiger partial charge in [-0.15, -0.1) is 0 Å². The van der Waals surface area contributed by atoms with Crippen molar-refractivity contribution in [2.24, 2.45) is 0 Å². The van der Waals surface area contributed by atoms with Crippen LogP contribution in [0.5, 0.6) is 11.5 Å². The van der Waals surface area contributed by atoms with Gasteiger partial charge in [-0.05, 0) is 43.2 Å². The minimum absolute atomic E-state index is 0.137. The lowest BCUT2D eigenvalue weighted by Crippen LogP contribution is -2.40. The summed E-state index contributed by atoms with van der Waals surface area (Å²) in [5.74, 6) is 0.784. The van der Waals surface area contributed by atoms with Gasteiger partial charge >= 0.3 is 0 Å². The molecule has 162 valence electrons. The quantitative estimate of drug-likeness (QED) is 0.524. The van der Waals surface area contributed by atoms with Gasteiger partial charge in [-0.25, -0.2) is 0 Å². The number of rotatable bonds is 9. The van der Waals surface area contributed by atoms with Crippen LogP contribution in [0.3, 0.4) is 0 Å². The highest BCUT2D eigenvalue weighted by Crippen LogP contribution is 2.27. The summed E-state index contributed by atoms with van der Waals surface area (Å²) < 4.78 is 11.2. The van der Waals surface area contributed by atoms with E-state index >= 15 is 0 Å². The maximum absolute atomic E-state index is 13.4. The van der Waals surface area contributed by atoms with Crippen LogP contribution in [0, 0.1) is 0 Å². The van der Waals surface area contributed by atoms with Crippen molar-refractivity contribution in [3.8, 4) is 11.5 Å². The molecule has 31 heavy (non-hydrogen) atoms. The van der Waals surface area contributed by atoms with E-state index in [1.807, 2.05) is 73.7 Å². The zero-order valence-electron chi connectivity index (χ0n) is 18.2. The number of phenolic OH excluding ortho intramolecular Hbond substituents is 1. The van der Waals surface area contributed by atoms with Gasteiger partial charge in [0.15, 0.2) is 0 Å². The summed E-state index contributed by atoms with van der Waals surface area (Å²) >= 11 is 0. The van der Waals surface area contributed by atoms with Gasteiger partial charge < -0.3 is 19.5 Å². The molecule has 0 fully saturated rings. The Balaban J connectivity index is 1.78. The lowest BCUT2D eigenvalue weighted by Gasteiger charge is -2.32. The van der Waals surface area contributed by atoms with Crippen LogP contribution in [0.25, 0.3) is 0 Å². The Morgan fingerprint density at radius 3 is 2.39 bits per heavy atom. The fourth-order valence-electron chi connectivity index (χ4n) is 3.43. The minimum Gasteiger partial charge on any atom is -0.508 e. The normalized spacial score (nSPS) is 12.7. The Morgan fingerprint density at radius 1 is 0.968 bits per heavy atom. The van der Waals surface area contributed by atoms with Crippen molar-refractivity contribution in [2.75, 3.05) is 7.11 Å². The molecule has 0 aromatic heterocycles. The second kappa shape index (κ2) is 10.6. The molecule has 0 aliphatic carbocycles. The van der Waals surface area contributed by atoms with Crippen molar-refractivity contribution in [1.29, 1.82) is 0 Å². The Bertz CT molecular complexity index is 989. The molecule has 1 amide bonds. The van der Waals surface area contributed by atoms with Crippen LogP contribution in [0.2, 0.25) is 0 Å². The number of ether oxygens (including phenoxy) is 2. The van der Waals surface area contributed by atoms with E-state index in [4.69, 9.17) is 9.47 Å². The van der Waals surface area contributed by atoms with Crippen LogP contribution in [0.15, 0.2) is 78.9 Å². The number of methoxy groups -OCH3 is 1. The molecule has 0 radical (unpaired) electrons. The maximum Gasteiger partial charge on any atom is 0.252 e. The van der Waals surface area contributed by atoms with Crippen LogP contribution in [0.4, 0.5) is 0 Å². The second-order valence-electron chi connectivity index (χ2n) is 7.49. The highest BCUT2D eigenvalue weighted by atomic mass is 16.5. The maximum atomic E-state index is 13.4. The third-order valence-electron chi connectivity index (χ3n) is 5.35. The van der Waals surface area contributed by atoms with E-state index < -0.39 is 6.10 Å². The Labute approximate surface area is 183 Å². The van der Waals surface area contributed by atoms with Crippen LogP contribution < -0.4 is 4.74 Å². The molecule has 0 aliphatic rings. The number of carbonyl (C=O) groups is 1. The van der Waals surface area contributed by atoms with Crippen LogP contribution in [-0.4, -0.2) is 29.1 Å². The molecule has 0 aliphatic heterocycles. The summed E-state index contributed by atoms with van der Waals surface area (Å²) in [7, 11) is 1.62. The molecule has 0 bridgehead atoms.